The van der Waals surface area contributed by atoms with Gasteiger partial charge in [0.2, 0.25) is 17.7 Å². The number of nitrogens with zero attached hydrogens (tertiary/aromatic N) is 1. The maximum absolute atomic E-state index is 13.8. The quantitative estimate of drug-likeness (QED) is 0.264. The van der Waals surface area contributed by atoms with E-state index >= 15 is 0 Å². The first-order valence-electron chi connectivity index (χ1n) is 10.7. The number of aromatic amines is 2. The second-order valence-electron chi connectivity index (χ2n) is 7.77. The number of thioether (sulfide) groups is 1. The highest BCUT2D eigenvalue weighted by atomic mass is 32.2. The summed E-state index contributed by atoms with van der Waals surface area (Å²) in [6.45, 7) is 0. The van der Waals surface area contributed by atoms with Crippen LogP contribution in [0.25, 0.3) is 0 Å². The monoisotopic (exact) mass is 529 g/mol. The van der Waals surface area contributed by atoms with Gasteiger partial charge in [0, 0.05) is 6.42 Å². The Kier molecular flexibility index (Phi) is 7.29. The van der Waals surface area contributed by atoms with Crippen molar-refractivity contribution in [1.82, 2.24) is 15.3 Å². The third kappa shape index (κ3) is 5.64. The summed E-state index contributed by atoms with van der Waals surface area (Å²) >= 11 is 0.896. The predicted molar refractivity (Wildman–Crippen MR) is 132 cm³/mol. The molecule has 192 valence electrons. The summed E-state index contributed by atoms with van der Waals surface area (Å²) < 4.78 is 18.9. The molecule has 37 heavy (non-hydrogen) atoms. The summed E-state index contributed by atoms with van der Waals surface area (Å²) in [7, 11) is 1.31. The summed E-state index contributed by atoms with van der Waals surface area (Å²) in [6.07, 6.45) is -0.300. The number of methoxy groups -OCH3 is 1. The van der Waals surface area contributed by atoms with Crippen LogP contribution in [0.1, 0.15) is 23.6 Å². The molecule has 2 aromatic carbocycles. The van der Waals surface area contributed by atoms with Gasteiger partial charge in [-0.05, 0) is 29.8 Å². The number of rotatable bonds is 7. The molecule has 2 atom stereocenters. The molecule has 14 heteroatoms. The molecule has 0 radical (unpaired) electrons. The number of aromatic nitrogens is 2. The Hall–Kier alpha value is -4.59. The van der Waals surface area contributed by atoms with Gasteiger partial charge in [-0.1, -0.05) is 30.0 Å². The molecule has 0 unspecified atom stereocenters. The van der Waals surface area contributed by atoms with Crippen molar-refractivity contribution >= 4 is 34.4 Å². The van der Waals surface area contributed by atoms with Gasteiger partial charge in [-0.25, -0.2) is 14.2 Å². The Morgan fingerprint density at radius 3 is 2.65 bits per heavy atom. The summed E-state index contributed by atoms with van der Waals surface area (Å²) in [6, 6.07) is 8.40. The number of H-pyrrole nitrogens is 2. The van der Waals surface area contributed by atoms with E-state index in [-0.39, 0.29) is 39.9 Å². The molecular formula is C23H20FN5O7S. The molecule has 1 aliphatic heterocycles. The topological polar surface area (TPSA) is 186 Å². The molecule has 6 N–H and O–H groups in total. The fourth-order valence-corrected chi connectivity index (χ4v) is 4.55. The Bertz CT molecular complexity index is 1520. The number of halogens is 1. The summed E-state index contributed by atoms with van der Waals surface area (Å²) in [5, 5.41) is 24.3. The molecule has 1 saturated heterocycles. The molecule has 1 aliphatic rings. The zero-order valence-corrected chi connectivity index (χ0v) is 19.9. The lowest BCUT2D eigenvalue weighted by Crippen LogP contribution is -2.29. The van der Waals surface area contributed by atoms with Crippen LogP contribution in [0.4, 0.5) is 10.1 Å². The van der Waals surface area contributed by atoms with E-state index in [1.807, 2.05) is 4.98 Å². The van der Waals surface area contributed by atoms with E-state index in [4.69, 9.17) is 4.74 Å². The summed E-state index contributed by atoms with van der Waals surface area (Å²) in [5.74, 6) is -2.66. The second kappa shape index (κ2) is 10.6. The highest BCUT2D eigenvalue weighted by Crippen LogP contribution is 2.36. The zero-order valence-electron chi connectivity index (χ0n) is 19.1. The van der Waals surface area contributed by atoms with Crippen molar-refractivity contribution in [3.63, 3.8) is 0 Å². The summed E-state index contributed by atoms with van der Waals surface area (Å²) in [5.41, 5.74) is -1.97. The number of hydrogen-bond acceptors (Lipinski definition) is 9. The first-order valence-corrected chi connectivity index (χ1v) is 11.6. The third-order valence-corrected chi connectivity index (χ3v) is 6.39. The number of amidine groups is 1. The lowest BCUT2D eigenvalue weighted by molar-refractivity contribution is -0.122. The molecule has 1 aromatic heterocycles. The third-order valence-electron chi connectivity index (χ3n) is 5.29. The van der Waals surface area contributed by atoms with Gasteiger partial charge in [0.1, 0.15) is 22.7 Å². The zero-order chi connectivity index (χ0) is 26.7. The number of phenolic OH excluding ortho intramolecular Hbond substituents is 1. The minimum absolute atomic E-state index is 0.0238. The van der Waals surface area contributed by atoms with Crippen molar-refractivity contribution in [1.29, 1.82) is 0 Å². The Labute approximate surface area is 211 Å². The molecule has 2 amide bonds. The SMILES string of the molecule is COc1cc([C@H](N=C2NC(=O)[C@H](CC(=O)Nc3ccccc3F)S2)c2c(O)[nH]c(=O)[nH]c2=O)ccc1O. The van der Waals surface area contributed by atoms with Gasteiger partial charge in [-0.2, -0.15) is 0 Å². The van der Waals surface area contributed by atoms with E-state index in [2.05, 4.69) is 20.6 Å². The molecule has 0 aliphatic carbocycles. The smallest absolute Gasteiger partial charge is 0.328 e. The van der Waals surface area contributed by atoms with Crippen LogP contribution in [-0.2, 0) is 9.59 Å². The number of hydrogen-bond donors (Lipinski definition) is 6. The lowest BCUT2D eigenvalue weighted by Gasteiger charge is -2.16. The second-order valence-corrected chi connectivity index (χ2v) is 8.96. The fraction of sp³-hybridized carbons (Fsp3) is 0.174. The molecule has 1 fully saturated rings. The average Bonchev–Trinajstić information content (AvgIpc) is 3.18. The van der Waals surface area contributed by atoms with Gasteiger partial charge in [0.15, 0.2) is 16.7 Å². The number of aromatic hydroxyl groups is 2. The van der Waals surface area contributed by atoms with E-state index in [9.17, 15) is 33.8 Å². The minimum Gasteiger partial charge on any atom is -0.504 e. The number of anilines is 1. The first kappa shape index (κ1) is 25.5. The number of nitrogens with one attached hydrogen (secondary N) is 4. The average molecular weight is 530 g/mol. The van der Waals surface area contributed by atoms with Crippen molar-refractivity contribution < 1.29 is 28.9 Å². The fourth-order valence-electron chi connectivity index (χ4n) is 3.56. The predicted octanol–water partition coefficient (Wildman–Crippen LogP) is 1.33. The Morgan fingerprint density at radius 2 is 1.95 bits per heavy atom. The van der Waals surface area contributed by atoms with Gasteiger partial charge in [0.25, 0.3) is 5.56 Å². The highest BCUT2D eigenvalue weighted by molar-refractivity contribution is 8.15. The molecule has 0 spiro atoms. The maximum Gasteiger partial charge on any atom is 0.328 e. The number of carbonyl (C=O) groups is 2. The van der Waals surface area contributed by atoms with Crippen LogP contribution >= 0.6 is 11.8 Å². The number of aliphatic imine (C=N–C) groups is 1. The van der Waals surface area contributed by atoms with Crippen LogP contribution < -0.4 is 26.6 Å². The van der Waals surface area contributed by atoms with E-state index in [1.165, 1.54) is 43.5 Å². The Morgan fingerprint density at radius 1 is 1.19 bits per heavy atom. The van der Waals surface area contributed by atoms with Crippen molar-refractivity contribution in [2.75, 3.05) is 12.4 Å². The maximum atomic E-state index is 13.8. The molecule has 2 heterocycles. The highest BCUT2D eigenvalue weighted by Gasteiger charge is 2.34. The Balaban J connectivity index is 1.64. The number of ether oxygens (including phenoxy) is 1. The van der Waals surface area contributed by atoms with Crippen molar-refractivity contribution in [3.05, 3.63) is 80.2 Å². The van der Waals surface area contributed by atoms with E-state index in [0.29, 0.717) is 0 Å². The molecule has 3 aromatic rings. The number of phenols is 1. The van der Waals surface area contributed by atoms with Gasteiger partial charge >= 0.3 is 5.69 Å². The van der Waals surface area contributed by atoms with Crippen LogP contribution in [0.15, 0.2) is 57.0 Å². The minimum atomic E-state index is -1.26. The van der Waals surface area contributed by atoms with Crippen LogP contribution in [0.5, 0.6) is 17.4 Å². The number of carbonyl (C=O) groups excluding carboxylic acids is 2. The lowest BCUT2D eigenvalue weighted by atomic mass is 10.0. The first-order chi connectivity index (χ1) is 17.7. The van der Waals surface area contributed by atoms with Crippen LogP contribution in [-0.4, -0.2) is 49.5 Å². The van der Waals surface area contributed by atoms with Crippen LogP contribution in [0.3, 0.4) is 0 Å². The van der Waals surface area contributed by atoms with Crippen molar-refractivity contribution in [2.45, 2.75) is 17.7 Å². The van der Waals surface area contributed by atoms with Gasteiger partial charge in [-0.3, -0.25) is 24.4 Å². The van der Waals surface area contributed by atoms with Crippen molar-refractivity contribution in [3.8, 4) is 17.4 Å². The largest absolute Gasteiger partial charge is 0.504 e. The summed E-state index contributed by atoms with van der Waals surface area (Å²) in [4.78, 5) is 57.6. The van der Waals surface area contributed by atoms with Gasteiger partial charge in [-0.15, -0.1) is 0 Å². The molecule has 0 bridgehead atoms. The van der Waals surface area contributed by atoms with E-state index < -0.39 is 46.1 Å². The van der Waals surface area contributed by atoms with Gasteiger partial charge < -0.3 is 25.6 Å². The standard InChI is InChI=1S/C23H20FN5O7S/c1-36-14-8-10(6-7-13(14)30)18(17-20(33)27-22(35)28-21(17)34)26-23-29-19(32)15(37-23)9-16(31)25-12-5-3-2-4-11(12)24/h2-8,15,18,30H,9H2,1H3,(H,25,31)(H,26,29,32)(H3,27,28,33,34,35)/t15-,18-/m0/s1. The number of benzene rings is 2. The molecule has 0 saturated carbocycles. The number of para-hydroxylation sites is 1. The molecular weight excluding hydrogens is 509 g/mol. The van der Waals surface area contributed by atoms with Crippen LogP contribution in [0.2, 0.25) is 0 Å². The molecule has 4 rings (SSSR count). The van der Waals surface area contributed by atoms with E-state index in [1.54, 1.807) is 6.07 Å². The van der Waals surface area contributed by atoms with Crippen molar-refractivity contribution in [2.24, 2.45) is 4.99 Å². The van der Waals surface area contributed by atoms with E-state index in [0.717, 1.165) is 11.8 Å². The number of amides is 2. The van der Waals surface area contributed by atoms with Crippen LogP contribution in [0, 0.1) is 5.82 Å². The normalized spacial score (nSPS) is 16.9. The molecule has 12 nitrogen and oxygen atoms in total. The van der Waals surface area contributed by atoms with Gasteiger partial charge in [0.05, 0.1) is 12.8 Å².